The minimum absolute atomic E-state index is 0.114. The highest BCUT2D eigenvalue weighted by atomic mass is 32.3. The first kappa shape index (κ1) is 18.5. The van der Waals surface area contributed by atoms with Crippen molar-refractivity contribution in [2.75, 3.05) is 21.7 Å². The SMILES string of the molecule is O[C@@H](CCN1c2ccccc2N(c2ccccc2F)S1(O)O)CNC1CC1. The molecule has 1 fully saturated rings. The summed E-state index contributed by atoms with van der Waals surface area (Å²) in [6.45, 7) is 0.730. The third-order valence-electron chi connectivity index (χ3n) is 4.87. The number of halogens is 1. The summed E-state index contributed by atoms with van der Waals surface area (Å²) in [6.07, 6.45) is 2.07. The fourth-order valence-corrected chi connectivity index (χ4v) is 5.08. The molecule has 4 N–H and O–H groups in total. The monoisotopic (exact) mass is 393 g/mol. The molecular weight excluding hydrogens is 369 g/mol. The van der Waals surface area contributed by atoms with Crippen LogP contribution in [0.1, 0.15) is 19.3 Å². The average molecular weight is 393 g/mol. The van der Waals surface area contributed by atoms with Crippen molar-refractivity contribution >= 4 is 28.0 Å². The molecule has 1 aliphatic carbocycles. The molecule has 8 heteroatoms. The predicted molar refractivity (Wildman–Crippen MR) is 107 cm³/mol. The number of nitrogens with one attached hydrogen (secondary N) is 1. The van der Waals surface area contributed by atoms with Crippen molar-refractivity contribution < 1.29 is 18.6 Å². The van der Waals surface area contributed by atoms with E-state index in [0.29, 0.717) is 30.4 Å². The van der Waals surface area contributed by atoms with Crippen molar-refractivity contribution in [3.8, 4) is 0 Å². The molecule has 0 unspecified atom stereocenters. The molecule has 0 radical (unpaired) electrons. The number of para-hydroxylation sites is 3. The molecule has 0 amide bonds. The molecule has 0 bridgehead atoms. The fourth-order valence-electron chi connectivity index (χ4n) is 3.29. The minimum Gasteiger partial charge on any atom is -0.392 e. The first-order chi connectivity index (χ1) is 13.0. The third kappa shape index (κ3) is 3.63. The van der Waals surface area contributed by atoms with Crippen molar-refractivity contribution in [3.63, 3.8) is 0 Å². The Morgan fingerprint density at radius 3 is 2.33 bits per heavy atom. The van der Waals surface area contributed by atoms with Crippen LogP contribution < -0.4 is 13.9 Å². The van der Waals surface area contributed by atoms with Crippen molar-refractivity contribution in [3.05, 3.63) is 54.3 Å². The van der Waals surface area contributed by atoms with Gasteiger partial charge in [-0.2, -0.15) is 0 Å². The molecule has 1 atom stereocenters. The lowest BCUT2D eigenvalue weighted by Gasteiger charge is -2.44. The number of nitrogens with zero attached hydrogens (tertiary/aromatic N) is 2. The smallest absolute Gasteiger partial charge is 0.148 e. The Morgan fingerprint density at radius 1 is 1.04 bits per heavy atom. The van der Waals surface area contributed by atoms with E-state index in [1.807, 2.05) is 0 Å². The molecule has 2 aromatic carbocycles. The van der Waals surface area contributed by atoms with E-state index in [1.165, 1.54) is 20.7 Å². The van der Waals surface area contributed by atoms with Crippen molar-refractivity contribution in [2.45, 2.75) is 31.4 Å². The lowest BCUT2D eigenvalue weighted by molar-refractivity contribution is 0.164. The van der Waals surface area contributed by atoms with Gasteiger partial charge in [-0.25, -0.2) is 8.70 Å². The van der Waals surface area contributed by atoms with Crippen LogP contribution in [0.4, 0.5) is 21.5 Å². The predicted octanol–water partition coefficient (Wildman–Crippen LogP) is 3.87. The molecule has 2 aromatic rings. The summed E-state index contributed by atoms with van der Waals surface area (Å²) in [5, 5.41) is 13.5. The number of fused-ring (bicyclic) bond motifs is 1. The zero-order valence-corrected chi connectivity index (χ0v) is 15.6. The average Bonchev–Trinajstić information content (AvgIpc) is 3.44. The van der Waals surface area contributed by atoms with E-state index in [-0.39, 0.29) is 12.2 Å². The maximum atomic E-state index is 14.4. The lowest BCUT2D eigenvalue weighted by Crippen LogP contribution is -2.35. The molecule has 0 spiro atoms. The van der Waals surface area contributed by atoms with E-state index in [9.17, 15) is 18.6 Å². The van der Waals surface area contributed by atoms with Gasteiger partial charge >= 0.3 is 0 Å². The molecule has 0 saturated heterocycles. The Labute approximate surface area is 159 Å². The fraction of sp³-hybridized carbons (Fsp3) is 0.368. The van der Waals surface area contributed by atoms with Gasteiger partial charge < -0.3 is 10.4 Å². The van der Waals surface area contributed by atoms with Gasteiger partial charge in [0.1, 0.15) is 11.5 Å². The second kappa shape index (κ2) is 7.29. The number of anilines is 3. The summed E-state index contributed by atoms with van der Waals surface area (Å²) >= 11 is 0. The van der Waals surface area contributed by atoms with Gasteiger partial charge in [0.2, 0.25) is 0 Å². The van der Waals surface area contributed by atoms with Gasteiger partial charge in [0.15, 0.2) is 0 Å². The Morgan fingerprint density at radius 2 is 1.67 bits per heavy atom. The van der Waals surface area contributed by atoms with Crippen LogP contribution in [0.25, 0.3) is 0 Å². The van der Waals surface area contributed by atoms with Gasteiger partial charge in [-0.15, -0.1) is 0 Å². The quantitative estimate of drug-likeness (QED) is 0.572. The van der Waals surface area contributed by atoms with Crippen LogP contribution in [0.15, 0.2) is 48.5 Å². The number of benzene rings is 2. The third-order valence-corrected chi connectivity index (χ3v) is 6.72. The van der Waals surface area contributed by atoms with Crippen LogP contribution in [0.2, 0.25) is 0 Å². The Kier molecular flexibility index (Phi) is 5.00. The van der Waals surface area contributed by atoms with E-state index >= 15 is 0 Å². The summed E-state index contributed by atoms with van der Waals surface area (Å²) in [4.78, 5) is 0. The Bertz CT molecular complexity index is 818. The van der Waals surface area contributed by atoms with Gasteiger partial charge in [-0.1, -0.05) is 24.3 Å². The molecule has 6 nitrogen and oxygen atoms in total. The summed E-state index contributed by atoms with van der Waals surface area (Å²) in [7, 11) is -3.48. The maximum Gasteiger partial charge on any atom is 0.148 e. The first-order valence-corrected chi connectivity index (χ1v) is 10.6. The molecule has 2 aliphatic rings. The number of aliphatic hydroxyl groups is 1. The number of rotatable bonds is 7. The van der Waals surface area contributed by atoms with Gasteiger partial charge in [-0.3, -0.25) is 13.4 Å². The molecule has 1 heterocycles. The Hall–Kier alpha value is -1.84. The van der Waals surface area contributed by atoms with Gasteiger partial charge in [0, 0.05) is 19.1 Å². The second-order valence-electron chi connectivity index (χ2n) is 6.95. The molecule has 1 aliphatic heterocycles. The van der Waals surface area contributed by atoms with Crippen LogP contribution in [-0.2, 0) is 0 Å². The molecule has 146 valence electrons. The highest BCUT2D eigenvalue weighted by Gasteiger charge is 2.42. The lowest BCUT2D eigenvalue weighted by atomic mass is 10.2. The summed E-state index contributed by atoms with van der Waals surface area (Å²) in [5.74, 6) is -0.525. The number of aliphatic hydroxyl groups excluding tert-OH is 1. The molecule has 1 saturated carbocycles. The highest BCUT2D eigenvalue weighted by molar-refractivity contribution is 8.27. The normalized spacial score (nSPS) is 20.4. The topological polar surface area (TPSA) is 79.2 Å². The van der Waals surface area contributed by atoms with E-state index in [0.717, 1.165) is 12.8 Å². The largest absolute Gasteiger partial charge is 0.392 e. The van der Waals surface area contributed by atoms with Crippen LogP contribution in [0.5, 0.6) is 0 Å². The minimum atomic E-state index is -3.48. The van der Waals surface area contributed by atoms with E-state index < -0.39 is 22.9 Å². The van der Waals surface area contributed by atoms with E-state index in [2.05, 4.69) is 5.32 Å². The van der Waals surface area contributed by atoms with Crippen molar-refractivity contribution in [1.29, 1.82) is 0 Å². The number of hydrogen-bond acceptors (Lipinski definition) is 6. The van der Waals surface area contributed by atoms with E-state index in [4.69, 9.17) is 0 Å². The van der Waals surface area contributed by atoms with Crippen LogP contribution in [0.3, 0.4) is 0 Å². The zero-order valence-electron chi connectivity index (χ0n) is 14.8. The van der Waals surface area contributed by atoms with Crippen molar-refractivity contribution in [1.82, 2.24) is 5.32 Å². The molecule has 0 aromatic heterocycles. The maximum absolute atomic E-state index is 14.4. The summed E-state index contributed by atoms with van der Waals surface area (Å²) in [5.41, 5.74) is 1.26. The highest BCUT2D eigenvalue weighted by Crippen LogP contribution is 2.64. The first-order valence-electron chi connectivity index (χ1n) is 9.09. The molecular formula is C19H24FN3O3S. The van der Waals surface area contributed by atoms with Crippen LogP contribution in [-0.4, -0.2) is 39.4 Å². The van der Waals surface area contributed by atoms with Gasteiger partial charge in [0.05, 0.1) is 17.5 Å². The molecule has 4 rings (SSSR count). The zero-order chi connectivity index (χ0) is 19.0. The second-order valence-corrected chi connectivity index (χ2v) is 8.74. The molecule has 27 heavy (non-hydrogen) atoms. The van der Waals surface area contributed by atoms with E-state index in [1.54, 1.807) is 36.4 Å². The van der Waals surface area contributed by atoms with Crippen LogP contribution >= 0.6 is 11.0 Å². The number of hydrogen-bond donors (Lipinski definition) is 4. The van der Waals surface area contributed by atoms with Crippen molar-refractivity contribution in [2.24, 2.45) is 0 Å². The summed E-state index contributed by atoms with van der Waals surface area (Å²) < 4.78 is 39.1. The van der Waals surface area contributed by atoms with Crippen LogP contribution in [0, 0.1) is 5.82 Å². The Balaban J connectivity index is 1.57. The van der Waals surface area contributed by atoms with Gasteiger partial charge in [0.25, 0.3) is 0 Å². The van der Waals surface area contributed by atoms with Gasteiger partial charge in [-0.05, 0) is 54.5 Å². The summed E-state index contributed by atoms with van der Waals surface area (Å²) in [6, 6.07) is 13.6. The standard InChI is InChI=1S/C19H24FN3O3S/c20-16-5-1-2-6-17(16)23-19-8-4-3-7-18(19)22(27(23,25)26)12-11-15(24)13-21-14-9-10-14/h1-8,14-15,21,24-26H,9-13H2/t15-/m0/s1.